The Kier molecular flexibility index (Phi) is 4.41. The lowest BCUT2D eigenvalue weighted by Crippen LogP contribution is -2.42. The molecule has 1 aliphatic heterocycles. The van der Waals surface area contributed by atoms with E-state index >= 15 is 0 Å². The lowest BCUT2D eigenvalue weighted by molar-refractivity contribution is 0.0218. The van der Waals surface area contributed by atoms with Crippen LogP contribution in [-0.4, -0.2) is 17.7 Å². The van der Waals surface area contributed by atoms with E-state index in [1.807, 2.05) is 6.92 Å². The second kappa shape index (κ2) is 5.85. The average Bonchev–Trinajstić information content (AvgIpc) is 2.91. The minimum Gasteiger partial charge on any atom is -0.384 e. The van der Waals surface area contributed by atoms with Crippen molar-refractivity contribution in [2.45, 2.75) is 57.6 Å². The van der Waals surface area contributed by atoms with Gasteiger partial charge in [-0.15, -0.1) is 0 Å². The molecule has 2 N–H and O–H groups in total. The van der Waals surface area contributed by atoms with Crippen molar-refractivity contribution in [2.24, 2.45) is 0 Å². The molecule has 0 bridgehead atoms. The second-order valence-corrected chi connectivity index (χ2v) is 5.60. The van der Waals surface area contributed by atoms with E-state index in [9.17, 15) is 5.11 Å². The van der Waals surface area contributed by atoms with Crippen LogP contribution in [0, 0.1) is 0 Å². The number of rotatable bonds is 5. The van der Waals surface area contributed by atoms with E-state index in [0.717, 1.165) is 31.4 Å². The molecule has 0 saturated carbocycles. The Morgan fingerprint density at radius 3 is 2.61 bits per heavy atom. The largest absolute Gasteiger partial charge is 0.384 e. The van der Waals surface area contributed by atoms with Gasteiger partial charge in [0.1, 0.15) is 5.60 Å². The van der Waals surface area contributed by atoms with Gasteiger partial charge in [-0.25, -0.2) is 0 Å². The molecule has 0 amide bonds. The maximum Gasteiger partial charge on any atom is 0.102 e. The summed E-state index contributed by atoms with van der Waals surface area (Å²) in [6, 6.07) is 8.69. The van der Waals surface area contributed by atoms with Crippen LogP contribution < -0.4 is 5.32 Å². The van der Waals surface area contributed by atoms with Crippen LogP contribution in [0.25, 0.3) is 0 Å². The van der Waals surface area contributed by atoms with Gasteiger partial charge in [0.15, 0.2) is 0 Å². The van der Waals surface area contributed by atoms with Crippen molar-refractivity contribution in [2.75, 3.05) is 6.54 Å². The van der Waals surface area contributed by atoms with Crippen molar-refractivity contribution in [1.82, 2.24) is 5.32 Å². The Balaban J connectivity index is 2.07. The van der Waals surface area contributed by atoms with Crippen LogP contribution >= 0.6 is 0 Å². The Hall–Kier alpha value is -0.860. The molecule has 2 nitrogen and oxygen atoms in total. The molecule has 1 heterocycles. The Morgan fingerprint density at radius 1 is 1.33 bits per heavy atom. The van der Waals surface area contributed by atoms with Gasteiger partial charge in [-0.1, -0.05) is 37.6 Å². The molecule has 18 heavy (non-hydrogen) atoms. The summed E-state index contributed by atoms with van der Waals surface area (Å²) in [6.07, 6.45) is 5.83. The molecule has 0 aromatic heterocycles. The van der Waals surface area contributed by atoms with Crippen molar-refractivity contribution in [1.29, 1.82) is 0 Å². The van der Waals surface area contributed by atoms with Crippen LogP contribution in [0.5, 0.6) is 0 Å². The molecular formula is C16H25NO. The Morgan fingerprint density at radius 2 is 2.06 bits per heavy atom. The maximum atomic E-state index is 10.7. The van der Waals surface area contributed by atoms with Gasteiger partial charge in [-0.2, -0.15) is 0 Å². The van der Waals surface area contributed by atoms with Crippen molar-refractivity contribution in [3.63, 3.8) is 0 Å². The zero-order valence-corrected chi connectivity index (χ0v) is 11.6. The summed E-state index contributed by atoms with van der Waals surface area (Å²) in [4.78, 5) is 0. The highest BCUT2D eigenvalue weighted by Crippen LogP contribution is 2.29. The summed E-state index contributed by atoms with van der Waals surface area (Å²) in [5, 5.41) is 14.1. The average molecular weight is 247 g/mol. The third kappa shape index (κ3) is 2.93. The number of benzene rings is 1. The van der Waals surface area contributed by atoms with Gasteiger partial charge in [0.25, 0.3) is 0 Å². The Labute approximate surface area is 110 Å². The van der Waals surface area contributed by atoms with Gasteiger partial charge < -0.3 is 10.4 Å². The molecule has 2 unspecified atom stereocenters. The molecule has 1 aromatic carbocycles. The van der Waals surface area contributed by atoms with Crippen molar-refractivity contribution in [3.8, 4) is 0 Å². The van der Waals surface area contributed by atoms with Crippen LogP contribution in [0.2, 0.25) is 0 Å². The molecule has 100 valence electrons. The van der Waals surface area contributed by atoms with Crippen molar-refractivity contribution < 1.29 is 5.11 Å². The molecule has 1 aliphatic rings. The van der Waals surface area contributed by atoms with Crippen molar-refractivity contribution >= 4 is 0 Å². The lowest BCUT2D eigenvalue weighted by Gasteiger charge is -2.31. The predicted octanol–water partition coefficient (Wildman–Crippen LogP) is 2.99. The maximum absolute atomic E-state index is 10.7. The summed E-state index contributed by atoms with van der Waals surface area (Å²) in [5.41, 5.74) is 1.65. The first-order valence-electron chi connectivity index (χ1n) is 7.19. The number of aryl methyl sites for hydroxylation is 1. The molecule has 1 saturated heterocycles. The fourth-order valence-corrected chi connectivity index (χ4v) is 2.76. The number of nitrogens with one attached hydrogen (secondary N) is 1. The number of unbranched alkanes of at least 4 members (excludes halogenated alkanes) is 1. The fourth-order valence-electron chi connectivity index (χ4n) is 2.76. The highest BCUT2D eigenvalue weighted by Gasteiger charge is 2.35. The first-order valence-corrected chi connectivity index (χ1v) is 7.19. The van der Waals surface area contributed by atoms with E-state index in [2.05, 4.69) is 36.5 Å². The van der Waals surface area contributed by atoms with Gasteiger partial charge in [-0.3, -0.25) is 0 Å². The molecule has 1 fully saturated rings. The topological polar surface area (TPSA) is 32.3 Å². The predicted molar refractivity (Wildman–Crippen MR) is 75.6 cm³/mol. The van der Waals surface area contributed by atoms with Gasteiger partial charge >= 0.3 is 0 Å². The fraction of sp³-hybridized carbons (Fsp3) is 0.625. The standard InChI is InChI=1S/C16H25NO/c1-3-4-6-13-8-10-14(11-9-13)16(2,18)15-7-5-12-17-15/h8-11,15,17-18H,3-7,12H2,1-2H3. The number of hydrogen-bond donors (Lipinski definition) is 2. The van der Waals surface area contributed by atoms with Gasteiger partial charge in [-0.05, 0) is 50.3 Å². The molecule has 0 radical (unpaired) electrons. The van der Waals surface area contributed by atoms with E-state index in [1.165, 1.54) is 18.4 Å². The minimum atomic E-state index is -0.750. The van der Waals surface area contributed by atoms with E-state index in [4.69, 9.17) is 0 Å². The smallest absolute Gasteiger partial charge is 0.102 e. The third-order valence-corrected chi connectivity index (χ3v) is 4.10. The summed E-state index contributed by atoms with van der Waals surface area (Å²) in [7, 11) is 0. The SMILES string of the molecule is CCCCc1ccc(C(C)(O)C2CCCN2)cc1. The van der Waals surface area contributed by atoms with Gasteiger partial charge in [0.05, 0.1) is 0 Å². The minimum absolute atomic E-state index is 0.194. The van der Waals surface area contributed by atoms with Crippen LogP contribution in [0.4, 0.5) is 0 Å². The van der Waals surface area contributed by atoms with Crippen LogP contribution in [0.1, 0.15) is 50.7 Å². The number of aliphatic hydroxyl groups is 1. The summed E-state index contributed by atoms with van der Waals surface area (Å²) >= 11 is 0. The van der Waals surface area contributed by atoms with Crippen LogP contribution in [-0.2, 0) is 12.0 Å². The normalized spacial score (nSPS) is 22.9. The van der Waals surface area contributed by atoms with Gasteiger partial charge in [0.2, 0.25) is 0 Å². The summed E-state index contributed by atoms with van der Waals surface area (Å²) < 4.78 is 0. The van der Waals surface area contributed by atoms with Crippen molar-refractivity contribution in [3.05, 3.63) is 35.4 Å². The quantitative estimate of drug-likeness (QED) is 0.838. The molecule has 1 aromatic rings. The molecule has 2 heteroatoms. The molecule has 2 rings (SSSR count). The third-order valence-electron chi connectivity index (χ3n) is 4.10. The zero-order valence-electron chi connectivity index (χ0n) is 11.6. The van der Waals surface area contributed by atoms with Crippen LogP contribution in [0.15, 0.2) is 24.3 Å². The molecular weight excluding hydrogens is 222 g/mol. The van der Waals surface area contributed by atoms with Crippen LogP contribution in [0.3, 0.4) is 0 Å². The molecule has 0 aliphatic carbocycles. The second-order valence-electron chi connectivity index (χ2n) is 5.60. The Bertz CT molecular complexity index is 363. The first kappa shape index (κ1) is 13.6. The van der Waals surface area contributed by atoms with E-state index in [0.29, 0.717) is 0 Å². The highest BCUT2D eigenvalue weighted by molar-refractivity contribution is 5.28. The molecule has 0 spiro atoms. The molecule has 2 atom stereocenters. The highest BCUT2D eigenvalue weighted by atomic mass is 16.3. The summed E-state index contributed by atoms with van der Waals surface area (Å²) in [5.74, 6) is 0. The van der Waals surface area contributed by atoms with E-state index in [1.54, 1.807) is 0 Å². The monoisotopic (exact) mass is 247 g/mol. The number of hydrogen-bond acceptors (Lipinski definition) is 2. The van der Waals surface area contributed by atoms with E-state index < -0.39 is 5.60 Å². The van der Waals surface area contributed by atoms with Gasteiger partial charge in [0, 0.05) is 6.04 Å². The summed E-state index contributed by atoms with van der Waals surface area (Å²) in [6.45, 7) is 5.16. The first-order chi connectivity index (χ1) is 8.64. The zero-order chi connectivity index (χ0) is 13.0. The lowest BCUT2D eigenvalue weighted by atomic mass is 9.86. The van der Waals surface area contributed by atoms with E-state index in [-0.39, 0.29) is 6.04 Å².